The fraction of sp³-hybridized carbons (Fsp3) is 0.429. The average molecular weight is 329 g/mol. The average Bonchev–Trinajstić information content (AvgIpc) is 2.58. The lowest BCUT2D eigenvalue weighted by Gasteiger charge is -2.24. The minimum Gasteiger partial charge on any atom is -0.508 e. The van der Waals surface area contributed by atoms with E-state index >= 15 is 0 Å². The molecule has 23 heavy (non-hydrogen) atoms. The summed E-state index contributed by atoms with van der Waals surface area (Å²) in [5.41, 5.74) is 3.53. The Hall–Kier alpha value is -1.47. The van der Waals surface area contributed by atoms with Crippen LogP contribution in [0.4, 0.5) is 0 Å². The van der Waals surface area contributed by atoms with Crippen molar-refractivity contribution < 1.29 is 5.11 Å². The molecule has 1 fully saturated rings. The molecule has 1 aliphatic rings. The lowest BCUT2D eigenvalue weighted by Crippen LogP contribution is -2.12. The molecular weight excluding hydrogens is 304 g/mol. The lowest BCUT2D eigenvalue weighted by molar-refractivity contribution is 0.443. The molecule has 0 heterocycles. The zero-order valence-electron chi connectivity index (χ0n) is 13.7. The molecule has 122 valence electrons. The van der Waals surface area contributed by atoms with Gasteiger partial charge in [-0.25, -0.2) is 0 Å². The largest absolute Gasteiger partial charge is 0.508 e. The van der Waals surface area contributed by atoms with E-state index < -0.39 is 0 Å². The molecule has 2 unspecified atom stereocenters. The minimum atomic E-state index is -0.0798. The fourth-order valence-corrected chi connectivity index (χ4v) is 4.14. The Bertz CT molecular complexity index is 627. The van der Waals surface area contributed by atoms with Crippen molar-refractivity contribution in [1.29, 1.82) is 0 Å². The summed E-state index contributed by atoms with van der Waals surface area (Å²) < 4.78 is 0. The van der Waals surface area contributed by atoms with Crippen molar-refractivity contribution in [2.24, 2.45) is 0 Å². The van der Waals surface area contributed by atoms with Crippen LogP contribution < -0.4 is 0 Å². The van der Waals surface area contributed by atoms with E-state index in [1.807, 2.05) is 25.1 Å². The van der Waals surface area contributed by atoms with Gasteiger partial charge in [0.15, 0.2) is 0 Å². The number of phenolic OH excluding ortho intramolecular Hbond substituents is 1. The lowest BCUT2D eigenvalue weighted by atomic mass is 9.82. The third-order valence-electron chi connectivity index (χ3n) is 5.10. The number of alkyl halides is 1. The molecule has 0 aromatic heterocycles. The second-order valence-electron chi connectivity index (χ2n) is 6.72. The summed E-state index contributed by atoms with van der Waals surface area (Å²) in [5.74, 6) is 1.05. The van der Waals surface area contributed by atoms with Gasteiger partial charge in [0, 0.05) is 16.9 Å². The summed E-state index contributed by atoms with van der Waals surface area (Å²) in [6.45, 7) is 1.99. The molecule has 1 saturated carbocycles. The highest BCUT2D eigenvalue weighted by Crippen LogP contribution is 2.38. The molecule has 0 amide bonds. The van der Waals surface area contributed by atoms with Gasteiger partial charge < -0.3 is 5.11 Å². The second kappa shape index (κ2) is 7.40. The maximum Gasteiger partial charge on any atom is 0.119 e. The number of aromatic hydroxyl groups is 1. The molecule has 2 aromatic rings. The van der Waals surface area contributed by atoms with Crippen molar-refractivity contribution in [2.75, 3.05) is 0 Å². The molecular formula is C21H25ClO. The molecule has 1 aliphatic carbocycles. The van der Waals surface area contributed by atoms with Gasteiger partial charge in [0.25, 0.3) is 0 Å². The molecule has 0 bridgehead atoms. The maximum absolute atomic E-state index is 10.2. The molecule has 0 aliphatic heterocycles. The highest BCUT2D eigenvalue weighted by Gasteiger charge is 2.23. The van der Waals surface area contributed by atoms with Gasteiger partial charge in [-0.2, -0.15) is 0 Å². The van der Waals surface area contributed by atoms with Gasteiger partial charge in [0.05, 0.1) is 0 Å². The molecule has 2 aromatic carbocycles. The summed E-state index contributed by atoms with van der Waals surface area (Å²) in [4.78, 5) is 0. The number of hydrogen-bond donors (Lipinski definition) is 1. The fourth-order valence-electron chi connectivity index (χ4n) is 3.85. The smallest absolute Gasteiger partial charge is 0.119 e. The first-order valence-corrected chi connectivity index (χ1v) is 9.12. The van der Waals surface area contributed by atoms with Crippen molar-refractivity contribution in [1.82, 2.24) is 0 Å². The van der Waals surface area contributed by atoms with Crippen LogP contribution in [0.1, 0.15) is 67.6 Å². The Morgan fingerprint density at radius 1 is 0.957 bits per heavy atom. The Morgan fingerprint density at radius 3 is 2.22 bits per heavy atom. The normalized spacial score (nSPS) is 18.5. The van der Waals surface area contributed by atoms with Gasteiger partial charge in [-0.1, -0.05) is 61.7 Å². The number of rotatable bonds is 4. The van der Waals surface area contributed by atoms with Crippen molar-refractivity contribution in [3.05, 3.63) is 65.2 Å². The number of phenols is 1. The highest BCUT2D eigenvalue weighted by molar-refractivity contribution is 6.21. The molecule has 1 nitrogen and oxygen atoms in total. The Morgan fingerprint density at radius 2 is 1.61 bits per heavy atom. The topological polar surface area (TPSA) is 20.2 Å². The summed E-state index contributed by atoms with van der Waals surface area (Å²) in [6, 6.07) is 16.4. The Kier molecular flexibility index (Phi) is 5.27. The van der Waals surface area contributed by atoms with Gasteiger partial charge >= 0.3 is 0 Å². The van der Waals surface area contributed by atoms with Gasteiger partial charge in [-0.3, -0.25) is 0 Å². The van der Waals surface area contributed by atoms with Crippen LogP contribution in [-0.2, 0) is 0 Å². The first kappa shape index (κ1) is 16.4. The molecule has 2 atom stereocenters. The maximum atomic E-state index is 10.2. The number of benzene rings is 2. The summed E-state index contributed by atoms with van der Waals surface area (Å²) >= 11 is 6.46. The molecule has 0 radical (unpaired) electrons. The predicted octanol–water partition coefficient (Wildman–Crippen LogP) is 6.20. The molecule has 1 N–H and O–H groups in total. The number of halogens is 1. The first-order valence-electron chi connectivity index (χ1n) is 8.68. The first-order chi connectivity index (χ1) is 11.2. The van der Waals surface area contributed by atoms with E-state index in [1.54, 1.807) is 6.07 Å². The van der Waals surface area contributed by atoms with Crippen LogP contribution in [0, 0.1) is 0 Å². The summed E-state index contributed by atoms with van der Waals surface area (Å²) in [6.07, 6.45) is 6.72. The quantitative estimate of drug-likeness (QED) is 0.662. The standard InChI is InChI=1S/C21H25ClO/c1-15(22)21(19-9-5-6-10-20(19)23)18-13-11-17(12-14-18)16-7-3-2-4-8-16/h5-6,9-16,21,23H,2-4,7-8H2,1H3. The molecule has 0 spiro atoms. The van der Waals surface area contributed by atoms with Crippen molar-refractivity contribution >= 4 is 11.6 Å². The van der Waals surface area contributed by atoms with Gasteiger partial charge in [-0.15, -0.1) is 11.6 Å². The molecule has 0 saturated heterocycles. The van der Waals surface area contributed by atoms with E-state index in [0.29, 0.717) is 5.75 Å². The molecule has 2 heteroatoms. The van der Waals surface area contributed by atoms with Crippen molar-refractivity contribution in [3.63, 3.8) is 0 Å². The van der Waals surface area contributed by atoms with Gasteiger partial charge in [-0.05, 0) is 42.9 Å². The van der Waals surface area contributed by atoms with Crippen LogP contribution in [0.15, 0.2) is 48.5 Å². The highest BCUT2D eigenvalue weighted by atomic mass is 35.5. The van der Waals surface area contributed by atoms with E-state index in [9.17, 15) is 5.11 Å². The van der Waals surface area contributed by atoms with Crippen LogP contribution in [0.3, 0.4) is 0 Å². The number of hydrogen-bond acceptors (Lipinski definition) is 1. The van der Waals surface area contributed by atoms with Crippen LogP contribution in [-0.4, -0.2) is 10.5 Å². The van der Waals surface area contributed by atoms with E-state index in [0.717, 1.165) is 11.5 Å². The van der Waals surface area contributed by atoms with Crippen LogP contribution in [0.25, 0.3) is 0 Å². The van der Waals surface area contributed by atoms with E-state index in [1.165, 1.54) is 43.2 Å². The Balaban J connectivity index is 1.87. The third kappa shape index (κ3) is 3.72. The zero-order chi connectivity index (χ0) is 16.2. The van der Waals surface area contributed by atoms with Crippen LogP contribution in [0.5, 0.6) is 5.75 Å². The van der Waals surface area contributed by atoms with Gasteiger partial charge in [0.1, 0.15) is 5.75 Å². The van der Waals surface area contributed by atoms with Crippen LogP contribution in [0.2, 0.25) is 0 Å². The number of para-hydroxylation sites is 1. The second-order valence-corrected chi connectivity index (χ2v) is 7.40. The van der Waals surface area contributed by atoms with Crippen molar-refractivity contribution in [2.45, 2.75) is 56.2 Å². The minimum absolute atomic E-state index is 0.0123. The zero-order valence-corrected chi connectivity index (χ0v) is 14.5. The van der Waals surface area contributed by atoms with E-state index in [4.69, 9.17) is 11.6 Å². The third-order valence-corrected chi connectivity index (χ3v) is 5.36. The predicted molar refractivity (Wildman–Crippen MR) is 97.5 cm³/mol. The van der Waals surface area contributed by atoms with E-state index in [2.05, 4.69) is 24.3 Å². The summed E-state index contributed by atoms with van der Waals surface area (Å²) in [7, 11) is 0. The monoisotopic (exact) mass is 328 g/mol. The van der Waals surface area contributed by atoms with E-state index in [-0.39, 0.29) is 11.3 Å². The molecule has 3 rings (SSSR count). The van der Waals surface area contributed by atoms with Crippen LogP contribution >= 0.6 is 11.6 Å². The van der Waals surface area contributed by atoms with Crippen molar-refractivity contribution in [3.8, 4) is 5.75 Å². The Labute approximate surface area is 144 Å². The van der Waals surface area contributed by atoms with Gasteiger partial charge in [0.2, 0.25) is 0 Å². The summed E-state index contributed by atoms with van der Waals surface area (Å²) in [5, 5.41) is 10.1. The SMILES string of the molecule is CC(Cl)C(c1ccc(C2CCCCC2)cc1)c1ccccc1O.